The average Bonchev–Trinajstić information content (AvgIpc) is 3.20. The molecule has 7 nitrogen and oxygen atoms in total. The molecule has 0 aliphatic carbocycles. The van der Waals surface area contributed by atoms with Gasteiger partial charge >= 0.3 is 0 Å². The van der Waals surface area contributed by atoms with Crippen LogP contribution in [0.5, 0.6) is 0 Å². The monoisotopic (exact) mass is 342 g/mol. The number of aliphatic hydroxyl groups is 1. The lowest BCUT2D eigenvalue weighted by Crippen LogP contribution is -2.35. The number of hydrogen-bond donors (Lipinski definition) is 2. The van der Waals surface area contributed by atoms with E-state index < -0.39 is 6.10 Å². The van der Waals surface area contributed by atoms with Gasteiger partial charge in [-0.15, -0.1) is 0 Å². The second-order valence-electron chi connectivity index (χ2n) is 5.90. The number of imide groups is 1. The lowest BCUT2D eigenvalue weighted by molar-refractivity contribution is -0.121. The molecule has 0 saturated heterocycles. The Hall–Kier alpha value is -2.93. The first-order chi connectivity index (χ1) is 12.0. The molecule has 1 aliphatic heterocycles. The Morgan fingerprint density at radius 1 is 1.24 bits per heavy atom. The van der Waals surface area contributed by atoms with E-state index in [0.717, 1.165) is 10.5 Å². The molecule has 0 bridgehead atoms. The molecule has 7 heteroatoms. The van der Waals surface area contributed by atoms with E-state index in [-0.39, 0.29) is 37.2 Å². The first-order valence-electron chi connectivity index (χ1n) is 7.92. The van der Waals surface area contributed by atoms with Crippen LogP contribution in [-0.2, 0) is 4.79 Å². The Morgan fingerprint density at radius 3 is 2.72 bits per heavy atom. The van der Waals surface area contributed by atoms with Crippen molar-refractivity contribution < 1.29 is 23.9 Å². The number of aryl methyl sites for hydroxylation is 1. The number of fused-ring (bicyclic) bond motifs is 1. The minimum Gasteiger partial charge on any atom is -0.467 e. The largest absolute Gasteiger partial charge is 0.467 e. The molecule has 2 aromatic rings. The summed E-state index contributed by atoms with van der Waals surface area (Å²) in [6.45, 7) is 1.83. The number of aliphatic hydroxyl groups excluding tert-OH is 1. The van der Waals surface area contributed by atoms with Gasteiger partial charge in [0.2, 0.25) is 5.91 Å². The van der Waals surface area contributed by atoms with Gasteiger partial charge in [-0.05, 0) is 31.2 Å². The number of carbonyl (C=O) groups excluding carboxylic acids is 3. The maximum absolute atomic E-state index is 12.3. The Labute approximate surface area is 144 Å². The predicted molar refractivity (Wildman–Crippen MR) is 87.8 cm³/mol. The molecule has 25 heavy (non-hydrogen) atoms. The maximum Gasteiger partial charge on any atom is 0.261 e. The third-order valence-corrected chi connectivity index (χ3v) is 4.05. The summed E-state index contributed by atoms with van der Waals surface area (Å²) in [5.41, 5.74) is 1.63. The number of hydrogen-bond acceptors (Lipinski definition) is 5. The van der Waals surface area contributed by atoms with Crippen LogP contribution in [0.4, 0.5) is 0 Å². The fourth-order valence-corrected chi connectivity index (χ4v) is 2.70. The number of amides is 3. The van der Waals surface area contributed by atoms with E-state index in [1.54, 1.807) is 30.3 Å². The van der Waals surface area contributed by atoms with Gasteiger partial charge in [-0.25, -0.2) is 0 Å². The second kappa shape index (κ2) is 6.90. The Morgan fingerprint density at radius 2 is 2.00 bits per heavy atom. The third-order valence-electron chi connectivity index (χ3n) is 4.05. The van der Waals surface area contributed by atoms with Crippen molar-refractivity contribution in [2.75, 3.05) is 13.1 Å². The fraction of sp³-hybridized carbons (Fsp3) is 0.278. The van der Waals surface area contributed by atoms with Crippen LogP contribution in [0.2, 0.25) is 0 Å². The second-order valence-corrected chi connectivity index (χ2v) is 5.90. The summed E-state index contributed by atoms with van der Waals surface area (Å²) >= 11 is 0. The summed E-state index contributed by atoms with van der Waals surface area (Å²) in [7, 11) is 0. The molecule has 0 fully saturated rings. The number of nitrogens with zero attached hydrogens (tertiary/aromatic N) is 1. The summed E-state index contributed by atoms with van der Waals surface area (Å²) in [6, 6.07) is 8.33. The summed E-state index contributed by atoms with van der Waals surface area (Å²) < 4.78 is 5.04. The van der Waals surface area contributed by atoms with Gasteiger partial charge in [0.15, 0.2) is 0 Å². The lowest BCUT2D eigenvalue weighted by atomic mass is 10.1. The third kappa shape index (κ3) is 3.46. The van der Waals surface area contributed by atoms with E-state index in [9.17, 15) is 19.5 Å². The average molecular weight is 342 g/mol. The van der Waals surface area contributed by atoms with Crippen LogP contribution in [0.3, 0.4) is 0 Å². The lowest BCUT2D eigenvalue weighted by Gasteiger charge is -2.14. The Bertz CT molecular complexity index is 813. The first-order valence-corrected chi connectivity index (χ1v) is 7.92. The number of furan rings is 1. The molecular weight excluding hydrogens is 324 g/mol. The molecule has 1 aromatic carbocycles. The van der Waals surface area contributed by atoms with E-state index >= 15 is 0 Å². The number of benzene rings is 1. The van der Waals surface area contributed by atoms with Crippen molar-refractivity contribution in [1.82, 2.24) is 10.2 Å². The van der Waals surface area contributed by atoms with Crippen LogP contribution in [0.15, 0.2) is 41.0 Å². The molecule has 3 rings (SSSR count). The minimum absolute atomic E-state index is 0.00588. The molecule has 0 spiro atoms. The topological polar surface area (TPSA) is 99.8 Å². The van der Waals surface area contributed by atoms with Crippen LogP contribution >= 0.6 is 0 Å². The number of nitrogens with one attached hydrogen (secondary N) is 1. The number of rotatable bonds is 6. The van der Waals surface area contributed by atoms with Gasteiger partial charge in [-0.3, -0.25) is 19.3 Å². The smallest absolute Gasteiger partial charge is 0.261 e. The Kier molecular flexibility index (Phi) is 4.67. The first kappa shape index (κ1) is 16.9. The van der Waals surface area contributed by atoms with Crippen molar-refractivity contribution in [3.63, 3.8) is 0 Å². The van der Waals surface area contributed by atoms with Gasteiger partial charge < -0.3 is 14.8 Å². The maximum atomic E-state index is 12.3. The molecule has 2 heterocycles. The van der Waals surface area contributed by atoms with Crippen molar-refractivity contribution in [3.05, 3.63) is 59.0 Å². The van der Waals surface area contributed by atoms with Crippen molar-refractivity contribution in [3.8, 4) is 0 Å². The number of carbonyl (C=O) groups is 3. The quantitative estimate of drug-likeness (QED) is 0.774. The molecule has 1 atom stereocenters. The van der Waals surface area contributed by atoms with Crippen molar-refractivity contribution in [2.45, 2.75) is 19.4 Å². The van der Waals surface area contributed by atoms with Crippen molar-refractivity contribution in [1.29, 1.82) is 0 Å². The Balaban J connectivity index is 1.53. The molecule has 0 saturated carbocycles. The van der Waals surface area contributed by atoms with Crippen LogP contribution in [0.1, 0.15) is 44.6 Å². The van der Waals surface area contributed by atoms with Crippen molar-refractivity contribution >= 4 is 17.7 Å². The van der Waals surface area contributed by atoms with E-state index in [2.05, 4.69) is 5.32 Å². The molecule has 1 aromatic heterocycles. The zero-order chi connectivity index (χ0) is 18.0. The zero-order valence-electron chi connectivity index (χ0n) is 13.7. The molecule has 130 valence electrons. The highest BCUT2D eigenvalue weighted by molar-refractivity contribution is 6.21. The SMILES string of the molecule is Cc1ccc2c(c1)C(=O)N(CCC(=O)NCC(O)c1ccco1)C2=O. The van der Waals surface area contributed by atoms with Crippen LogP contribution in [-0.4, -0.2) is 40.8 Å². The van der Waals surface area contributed by atoms with Gasteiger partial charge in [0.05, 0.1) is 23.9 Å². The van der Waals surface area contributed by atoms with Gasteiger partial charge in [-0.1, -0.05) is 11.6 Å². The van der Waals surface area contributed by atoms with Gasteiger partial charge in [0.1, 0.15) is 11.9 Å². The van der Waals surface area contributed by atoms with Crippen molar-refractivity contribution in [2.24, 2.45) is 0 Å². The standard InChI is InChI=1S/C18H18N2O5/c1-11-4-5-12-13(9-11)18(24)20(17(12)23)7-6-16(22)19-10-14(21)15-3-2-8-25-15/h2-5,8-9,14,21H,6-7,10H2,1H3,(H,19,22). The van der Waals surface area contributed by atoms with Crippen LogP contribution < -0.4 is 5.32 Å². The van der Waals surface area contributed by atoms with Gasteiger partial charge in [0, 0.05) is 13.0 Å². The molecular formula is C18H18N2O5. The molecule has 0 radical (unpaired) electrons. The molecule has 1 aliphatic rings. The summed E-state index contributed by atoms with van der Waals surface area (Å²) in [6.07, 6.45) is 0.459. The summed E-state index contributed by atoms with van der Waals surface area (Å²) in [5, 5.41) is 12.4. The van der Waals surface area contributed by atoms with E-state index in [1.165, 1.54) is 6.26 Å². The minimum atomic E-state index is -0.943. The highest BCUT2D eigenvalue weighted by Crippen LogP contribution is 2.23. The zero-order valence-corrected chi connectivity index (χ0v) is 13.7. The van der Waals surface area contributed by atoms with E-state index in [4.69, 9.17) is 4.42 Å². The van der Waals surface area contributed by atoms with Gasteiger partial charge in [0.25, 0.3) is 11.8 Å². The highest BCUT2D eigenvalue weighted by atomic mass is 16.4. The molecule has 3 amide bonds. The normalized spacial score (nSPS) is 14.6. The van der Waals surface area contributed by atoms with Crippen LogP contribution in [0.25, 0.3) is 0 Å². The van der Waals surface area contributed by atoms with Gasteiger partial charge in [-0.2, -0.15) is 0 Å². The van der Waals surface area contributed by atoms with Crippen LogP contribution in [0, 0.1) is 6.92 Å². The molecule has 1 unspecified atom stereocenters. The van der Waals surface area contributed by atoms with E-state index in [1.807, 2.05) is 6.92 Å². The summed E-state index contributed by atoms with van der Waals surface area (Å²) in [5.74, 6) is -0.773. The predicted octanol–water partition coefficient (Wildman–Crippen LogP) is 1.42. The fourth-order valence-electron chi connectivity index (χ4n) is 2.70. The van der Waals surface area contributed by atoms with E-state index in [0.29, 0.717) is 16.9 Å². The molecule has 2 N–H and O–H groups in total. The summed E-state index contributed by atoms with van der Waals surface area (Å²) in [4.78, 5) is 37.6. The highest BCUT2D eigenvalue weighted by Gasteiger charge is 2.35.